The summed E-state index contributed by atoms with van der Waals surface area (Å²) in [6.45, 7) is 2.73. The highest BCUT2D eigenvalue weighted by Crippen LogP contribution is 2.38. The van der Waals surface area contributed by atoms with Gasteiger partial charge in [-0.15, -0.1) is 21.5 Å². The Morgan fingerprint density at radius 2 is 1.80 bits per heavy atom. The number of nitrogens with zero attached hydrogens (tertiary/aromatic N) is 3. The van der Waals surface area contributed by atoms with E-state index in [0.29, 0.717) is 11.8 Å². The van der Waals surface area contributed by atoms with E-state index in [-0.39, 0.29) is 0 Å². The Labute approximate surface area is 177 Å². The van der Waals surface area contributed by atoms with Crippen LogP contribution in [0.1, 0.15) is 11.3 Å². The minimum Gasteiger partial charge on any atom is -0.493 e. The molecule has 6 heteroatoms. The first-order chi connectivity index (χ1) is 14.8. The maximum Gasteiger partial charge on any atom is 0.260 e. The van der Waals surface area contributed by atoms with Crippen LogP contribution in [-0.2, 0) is 6.42 Å². The van der Waals surface area contributed by atoms with Gasteiger partial charge in [0.15, 0.2) is 0 Å². The molecule has 0 spiro atoms. The van der Waals surface area contributed by atoms with Gasteiger partial charge in [0.05, 0.1) is 12.3 Å². The van der Waals surface area contributed by atoms with Gasteiger partial charge in [-0.1, -0.05) is 36.4 Å². The van der Waals surface area contributed by atoms with Gasteiger partial charge in [0.1, 0.15) is 15.6 Å². The first-order valence-electron chi connectivity index (χ1n) is 9.82. The van der Waals surface area contributed by atoms with Crippen LogP contribution >= 0.6 is 11.3 Å². The SMILES string of the molecule is Cc1nc(-c2ccc3c(c2)CCO3)sc1-c1nnc(-c2cccc3ccccc23)o1. The quantitative estimate of drug-likeness (QED) is 0.369. The minimum absolute atomic E-state index is 0.503. The molecule has 0 atom stereocenters. The molecule has 0 N–H and O–H groups in total. The van der Waals surface area contributed by atoms with E-state index in [2.05, 4.69) is 40.5 Å². The second kappa shape index (κ2) is 6.78. The van der Waals surface area contributed by atoms with Crippen molar-refractivity contribution in [1.29, 1.82) is 0 Å². The van der Waals surface area contributed by atoms with Gasteiger partial charge in [-0.25, -0.2) is 4.98 Å². The van der Waals surface area contributed by atoms with Crippen LogP contribution < -0.4 is 4.74 Å². The number of aromatic nitrogens is 3. The summed E-state index contributed by atoms with van der Waals surface area (Å²) in [5.74, 6) is 2.00. The molecule has 5 nitrogen and oxygen atoms in total. The van der Waals surface area contributed by atoms with Gasteiger partial charge in [-0.2, -0.15) is 0 Å². The largest absolute Gasteiger partial charge is 0.493 e. The fourth-order valence-electron chi connectivity index (χ4n) is 3.87. The van der Waals surface area contributed by atoms with Crippen LogP contribution in [-0.4, -0.2) is 21.8 Å². The number of aryl methyl sites for hydroxylation is 1. The van der Waals surface area contributed by atoms with Crippen molar-refractivity contribution in [2.24, 2.45) is 0 Å². The molecule has 0 bridgehead atoms. The zero-order valence-electron chi connectivity index (χ0n) is 16.3. The Morgan fingerprint density at radius 1 is 0.933 bits per heavy atom. The van der Waals surface area contributed by atoms with Gasteiger partial charge in [0, 0.05) is 17.5 Å². The lowest BCUT2D eigenvalue weighted by Gasteiger charge is -2.01. The van der Waals surface area contributed by atoms with Crippen LogP contribution in [0, 0.1) is 6.92 Å². The number of hydrogen-bond acceptors (Lipinski definition) is 6. The van der Waals surface area contributed by atoms with Crippen molar-refractivity contribution in [3.8, 4) is 38.5 Å². The van der Waals surface area contributed by atoms with Gasteiger partial charge >= 0.3 is 0 Å². The molecule has 0 amide bonds. The summed E-state index contributed by atoms with van der Waals surface area (Å²) in [5.41, 5.74) is 4.15. The van der Waals surface area contributed by atoms with Gasteiger partial charge in [-0.3, -0.25) is 0 Å². The predicted molar refractivity (Wildman–Crippen MR) is 118 cm³/mol. The molecular formula is C24H17N3O2S. The third kappa shape index (κ3) is 2.80. The van der Waals surface area contributed by atoms with Crippen molar-refractivity contribution in [3.05, 3.63) is 71.9 Å². The molecule has 0 unspecified atom stereocenters. The Morgan fingerprint density at radius 3 is 2.77 bits per heavy atom. The van der Waals surface area contributed by atoms with Crippen LogP contribution in [0.25, 0.3) is 43.6 Å². The first kappa shape index (κ1) is 17.4. The third-order valence-corrected chi connectivity index (χ3v) is 6.57. The lowest BCUT2D eigenvalue weighted by molar-refractivity contribution is 0.357. The van der Waals surface area contributed by atoms with Crippen molar-refractivity contribution < 1.29 is 9.15 Å². The van der Waals surface area contributed by atoms with Crippen molar-refractivity contribution in [2.75, 3.05) is 6.61 Å². The monoisotopic (exact) mass is 411 g/mol. The van der Waals surface area contributed by atoms with Crippen LogP contribution in [0.5, 0.6) is 5.75 Å². The summed E-state index contributed by atoms with van der Waals surface area (Å²) in [7, 11) is 0. The molecular weight excluding hydrogens is 394 g/mol. The average molecular weight is 411 g/mol. The van der Waals surface area contributed by atoms with E-state index < -0.39 is 0 Å². The molecule has 0 saturated heterocycles. The third-order valence-electron chi connectivity index (χ3n) is 5.37. The van der Waals surface area contributed by atoms with Crippen LogP contribution in [0.4, 0.5) is 0 Å². The molecule has 0 fully saturated rings. The zero-order chi connectivity index (χ0) is 20.1. The van der Waals surface area contributed by atoms with Crippen molar-refractivity contribution in [2.45, 2.75) is 13.3 Å². The second-order valence-electron chi connectivity index (χ2n) is 7.29. The maximum atomic E-state index is 6.10. The molecule has 0 aliphatic carbocycles. The summed E-state index contributed by atoms with van der Waals surface area (Å²) < 4.78 is 11.7. The molecule has 3 heterocycles. The van der Waals surface area contributed by atoms with Crippen molar-refractivity contribution >= 4 is 22.1 Å². The van der Waals surface area contributed by atoms with E-state index in [9.17, 15) is 0 Å². The number of thiazole rings is 1. The fraction of sp³-hybridized carbons (Fsp3) is 0.125. The molecule has 146 valence electrons. The highest BCUT2D eigenvalue weighted by molar-refractivity contribution is 7.18. The predicted octanol–water partition coefficient (Wildman–Crippen LogP) is 5.92. The molecule has 0 radical (unpaired) electrons. The Kier molecular flexibility index (Phi) is 3.92. The molecule has 6 rings (SSSR count). The van der Waals surface area contributed by atoms with Gasteiger partial charge in [0.2, 0.25) is 5.89 Å². The van der Waals surface area contributed by atoms with E-state index in [4.69, 9.17) is 14.1 Å². The number of hydrogen-bond donors (Lipinski definition) is 0. The summed E-state index contributed by atoms with van der Waals surface area (Å²) in [5, 5.41) is 11.8. The summed E-state index contributed by atoms with van der Waals surface area (Å²) in [6.07, 6.45) is 0.943. The van der Waals surface area contributed by atoms with Gasteiger partial charge in [-0.05, 0) is 47.5 Å². The standard InChI is InChI=1S/C24H17N3O2S/c1-14-21(30-24(25-14)17-9-10-20-16(13-17)11-12-28-20)23-27-26-22(29-23)19-8-4-6-15-5-2-3-7-18(15)19/h2-10,13H,11-12H2,1H3. The Hall–Kier alpha value is -3.51. The van der Waals surface area contributed by atoms with E-state index in [1.807, 2.05) is 37.3 Å². The smallest absolute Gasteiger partial charge is 0.260 e. The minimum atomic E-state index is 0.503. The van der Waals surface area contributed by atoms with Crippen molar-refractivity contribution in [1.82, 2.24) is 15.2 Å². The number of ether oxygens (including phenoxy) is 1. The molecule has 5 aromatic rings. The second-order valence-corrected chi connectivity index (χ2v) is 8.29. The topological polar surface area (TPSA) is 61.0 Å². The molecule has 2 aromatic heterocycles. The summed E-state index contributed by atoms with van der Waals surface area (Å²) in [6, 6.07) is 20.5. The number of fused-ring (bicyclic) bond motifs is 2. The molecule has 30 heavy (non-hydrogen) atoms. The summed E-state index contributed by atoms with van der Waals surface area (Å²) in [4.78, 5) is 5.67. The van der Waals surface area contributed by atoms with E-state index >= 15 is 0 Å². The first-order valence-corrected chi connectivity index (χ1v) is 10.6. The van der Waals surface area contributed by atoms with Gasteiger partial charge in [0.25, 0.3) is 5.89 Å². The summed E-state index contributed by atoms with van der Waals surface area (Å²) >= 11 is 1.58. The molecule has 1 aliphatic heterocycles. The Balaban J connectivity index is 1.39. The highest BCUT2D eigenvalue weighted by atomic mass is 32.1. The maximum absolute atomic E-state index is 6.10. The van der Waals surface area contributed by atoms with E-state index in [0.717, 1.165) is 56.3 Å². The molecule has 1 aliphatic rings. The lowest BCUT2D eigenvalue weighted by Crippen LogP contribution is -1.85. The van der Waals surface area contributed by atoms with E-state index in [1.165, 1.54) is 5.56 Å². The van der Waals surface area contributed by atoms with Crippen LogP contribution in [0.3, 0.4) is 0 Å². The fourth-order valence-corrected chi connectivity index (χ4v) is 4.86. The average Bonchev–Trinajstić information content (AvgIpc) is 3.52. The highest BCUT2D eigenvalue weighted by Gasteiger charge is 2.20. The molecule has 3 aromatic carbocycles. The van der Waals surface area contributed by atoms with Gasteiger partial charge < -0.3 is 9.15 Å². The number of rotatable bonds is 3. The number of benzene rings is 3. The normalized spacial score (nSPS) is 12.8. The van der Waals surface area contributed by atoms with E-state index in [1.54, 1.807) is 11.3 Å². The zero-order valence-corrected chi connectivity index (χ0v) is 17.1. The van der Waals surface area contributed by atoms with Crippen molar-refractivity contribution in [3.63, 3.8) is 0 Å². The lowest BCUT2D eigenvalue weighted by atomic mass is 10.0. The Bertz CT molecular complexity index is 1400. The van der Waals surface area contributed by atoms with Crippen LogP contribution in [0.15, 0.2) is 65.1 Å². The van der Waals surface area contributed by atoms with Crippen LogP contribution in [0.2, 0.25) is 0 Å². The molecule has 0 saturated carbocycles.